The van der Waals surface area contributed by atoms with Gasteiger partial charge in [0, 0.05) is 27.0 Å². The van der Waals surface area contributed by atoms with Crippen molar-refractivity contribution >= 4 is 50.2 Å². The fourth-order valence-corrected chi connectivity index (χ4v) is 4.13. The lowest BCUT2D eigenvalue weighted by molar-refractivity contribution is 0.576. The van der Waals surface area contributed by atoms with Crippen molar-refractivity contribution in [2.24, 2.45) is 0 Å². The first kappa shape index (κ1) is 14.5. The second-order valence-electron chi connectivity index (χ2n) is 3.96. The molecule has 1 N–H and O–H groups in total. The van der Waals surface area contributed by atoms with Crippen LogP contribution in [0.25, 0.3) is 0 Å². The first-order valence-electron chi connectivity index (χ1n) is 5.71. The van der Waals surface area contributed by atoms with Crippen LogP contribution >= 0.6 is 50.2 Å². The van der Waals surface area contributed by atoms with Crippen LogP contribution in [0.4, 0.5) is 0 Å². The van der Waals surface area contributed by atoms with Gasteiger partial charge in [-0.1, -0.05) is 18.5 Å². The molecule has 2 heterocycles. The van der Waals surface area contributed by atoms with E-state index in [0.29, 0.717) is 0 Å². The Balaban J connectivity index is 1.93. The van der Waals surface area contributed by atoms with Crippen molar-refractivity contribution in [2.45, 2.75) is 32.9 Å². The number of hydrogen-bond donors (Lipinski definition) is 1. The van der Waals surface area contributed by atoms with E-state index in [0.717, 1.165) is 26.8 Å². The second-order valence-corrected chi connectivity index (χ2v) is 7.70. The Morgan fingerprint density at radius 3 is 2.78 bits per heavy atom. The van der Waals surface area contributed by atoms with Gasteiger partial charge in [0.15, 0.2) is 0 Å². The monoisotopic (exact) mass is 364 g/mol. The van der Waals surface area contributed by atoms with Gasteiger partial charge in [-0.15, -0.1) is 22.7 Å². The van der Waals surface area contributed by atoms with E-state index in [9.17, 15) is 0 Å². The minimum atomic E-state index is 0.273. The molecule has 1 atom stereocenters. The third-order valence-corrected chi connectivity index (χ3v) is 6.37. The van der Waals surface area contributed by atoms with Gasteiger partial charge in [0.1, 0.15) is 9.34 Å². The number of halogens is 2. The molecule has 18 heavy (non-hydrogen) atoms. The zero-order valence-electron chi connectivity index (χ0n) is 10.2. The average Bonchev–Trinajstić information content (AvgIpc) is 2.94. The first-order chi connectivity index (χ1) is 8.60. The number of nitrogens with one attached hydrogen (secondary N) is 1. The number of aromatic nitrogens is 1. The predicted molar refractivity (Wildman–Crippen MR) is 83.8 cm³/mol. The second kappa shape index (κ2) is 6.48. The minimum Gasteiger partial charge on any atom is -0.303 e. The molecule has 2 aromatic heterocycles. The van der Waals surface area contributed by atoms with Crippen LogP contribution in [0.5, 0.6) is 0 Å². The summed E-state index contributed by atoms with van der Waals surface area (Å²) in [5, 5.41) is 4.62. The zero-order valence-corrected chi connectivity index (χ0v) is 14.1. The Hall–Kier alpha value is 0.0600. The molecule has 0 aliphatic carbocycles. The van der Waals surface area contributed by atoms with Crippen molar-refractivity contribution in [2.75, 3.05) is 0 Å². The van der Waals surface area contributed by atoms with E-state index in [4.69, 9.17) is 11.6 Å². The molecular formula is C12H14BrClN2S2. The van der Waals surface area contributed by atoms with Crippen LogP contribution in [0, 0.1) is 0 Å². The van der Waals surface area contributed by atoms with Crippen LogP contribution in [-0.2, 0) is 13.0 Å². The van der Waals surface area contributed by atoms with Crippen LogP contribution < -0.4 is 5.32 Å². The maximum atomic E-state index is 6.02. The van der Waals surface area contributed by atoms with E-state index in [2.05, 4.69) is 46.1 Å². The quantitative estimate of drug-likeness (QED) is 0.803. The van der Waals surface area contributed by atoms with Crippen LogP contribution in [0.3, 0.4) is 0 Å². The third-order valence-electron chi connectivity index (χ3n) is 2.57. The van der Waals surface area contributed by atoms with Crippen molar-refractivity contribution in [3.63, 3.8) is 0 Å². The Bertz CT molecular complexity index is 504. The topological polar surface area (TPSA) is 24.9 Å². The molecule has 0 spiro atoms. The smallest absolute Gasteiger partial charge is 0.109 e. The summed E-state index contributed by atoms with van der Waals surface area (Å²) in [6.45, 7) is 5.11. The molecule has 0 saturated carbocycles. The predicted octanol–water partition coefficient (Wildman–Crippen LogP) is 5.03. The van der Waals surface area contributed by atoms with Gasteiger partial charge in [0.25, 0.3) is 0 Å². The molecule has 0 fully saturated rings. The molecule has 0 aliphatic heterocycles. The van der Waals surface area contributed by atoms with Gasteiger partial charge in [-0.3, -0.25) is 0 Å². The van der Waals surface area contributed by atoms with E-state index in [-0.39, 0.29) is 6.04 Å². The molecule has 98 valence electrons. The first-order valence-corrected chi connectivity index (χ1v) is 8.52. The summed E-state index contributed by atoms with van der Waals surface area (Å²) in [7, 11) is 0. The number of thiazole rings is 1. The number of hydrogen-bond acceptors (Lipinski definition) is 4. The molecule has 0 amide bonds. The van der Waals surface area contributed by atoms with E-state index >= 15 is 0 Å². The average molecular weight is 366 g/mol. The van der Waals surface area contributed by atoms with Gasteiger partial charge in [-0.25, -0.2) is 4.98 Å². The van der Waals surface area contributed by atoms with Gasteiger partial charge in [0.2, 0.25) is 0 Å². The van der Waals surface area contributed by atoms with Crippen LogP contribution in [0.2, 0.25) is 4.34 Å². The highest BCUT2D eigenvalue weighted by Gasteiger charge is 2.11. The molecule has 0 aliphatic rings. The molecule has 0 saturated heterocycles. The summed E-state index contributed by atoms with van der Waals surface area (Å²) in [6, 6.07) is 2.33. The lowest BCUT2D eigenvalue weighted by Gasteiger charge is -2.09. The Morgan fingerprint density at radius 2 is 2.22 bits per heavy atom. The maximum Gasteiger partial charge on any atom is 0.109 e. The summed E-state index contributed by atoms with van der Waals surface area (Å²) in [5.41, 5.74) is 0. The largest absolute Gasteiger partial charge is 0.303 e. The third kappa shape index (κ3) is 3.54. The highest BCUT2D eigenvalue weighted by Crippen LogP contribution is 2.32. The number of aryl methyl sites for hydroxylation is 1. The maximum absolute atomic E-state index is 6.02. The van der Waals surface area contributed by atoms with Gasteiger partial charge < -0.3 is 5.32 Å². The fraction of sp³-hybridized carbons (Fsp3) is 0.417. The van der Waals surface area contributed by atoms with Gasteiger partial charge in [-0.2, -0.15) is 0 Å². The molecule has 2 aromatic rings. The Kier molecular flexibility index (Phi) is 5.21. The van der Waals surface area contributed by atoms with Crippen LogP contribution in [0.15, 0.2) is 16.7 Å². The van der Waals surface area contributed by atoms with Gasteiger partial charge in [-0.05, 0) is 35.3 Å². The van der Waals surface area contributed by atoms with Crippen molar-refractivity contribution in [1.82, 2.24) is 10.3 Å². The highest BCUT2D eigenvalue weighted by molar-refractivity contribution is 9.10. The summed E-state index contributed by atoms with van der Waals surface area (Å²) >= 11 is 12.8. The lowest BCUT2D eigenvalue weighted by atomic mass is 10.3. The van der Waals surface area contributed by atoms with E-state index < -0.39 is 0 Å². The van der Waals surface area contributed by atoms with Crippen molar-refractivity contribution in [3.05, 3.63) is 35.8 Å². The molecule has 0 aromatic carbocycles. The zero-order chi connectivity index (χ0) is 13.1. The van der Waals surface area contributed by atoms with Gasteiger partial charge >= 0.3 is 0 Å². The standard InChI is InChI=1S/C12H14BrClN2S2/c1-3-8-5-16-12(18-8)7(2)15-6-9-4-10(13)11(14)17-9/h4-5,7,15H,3,6H2,1-2H3. The Morgan fingerprint density at radius 1 is 1.44 bits per heavy atom. The Labute approximate surface area is 129 Å². The molecule has 0 bridgehead atoms. The van der Waals surface area contributed by atoms with Gasteiger partial charge in [0.05, 0.1) is 6.04 Å². The number of thiophene rings is 1. The van der Waals surface area contributed by atoms with Crippen molar-refractivity contribution in [3.8, 4) is 0 Å². The van der Waals surface area contributed by atoms with Crippen molar-refractivity contribution in [1.29, 1.82) is 0 Å². The number of nitrogens with zero attached hydrogens (tertiary/aromatic N) is 1. The van der Waals surface area contributed by atoms with E-state index in [1.165, 1.54) is 9.75 Å². The number of rotatable bonds is 5. The normalized spacial score (nSPS) is 12.9. The summed E-state index contributed by atoms with van der Waals surface area (Å²) in [5.74, 6) is 0. The molecule has 6 heteroatoms. The van der Waals surface area contributed by atoms with Crippen LogP contribution in [-0.4, -0.2) is 4.98 Å². The fourth-order valence-electron chi connectivity index (χ4n) is 1.51. The van der Waals surface area contributed by atoms with E-state index in [1.54, 1.807) is 22.7 Å². The lowest BCUT2D eigenvalue weighted by Crippen LogP contribution is -2.17. The molecule has 1 unspecified atom stereocenters. The summed E-state index contributed by atoms with van der Waals surface area (Å²) in [4.78, 5) is 7.01. The molecule has 0 radical (unpaired) electrons. The molecule has 2 rings (SSSR count). The van der Waals surface area contributed by atoms with E-state index in [1.807, 2.05) is 6.20 Å². The van der Waals surface area contributed by atoms with Crippen molar-refractivity contribution < 1.29 is 0 Å². The SMILES string of the molecule is CCc1cnc(C(C)NCc2cc(Br)c(Cl)s2)s1. The highest BCUT2D eigenvalue weighted by atomic mass is 79.9. The summed E-state index contributed by atoms with van der Waals surface area (Å²) < 4.78 is 1.78. The summed E-state index contributed by atoms with van der Waals surface area (Å²) in [6.07, 6.45) is 3.02. The van der Waals surface area contributed by atoms with Crippen LogP contribution in [0.1, 0.15) is 34.7 Å². The molecular weight excluding hydrogens is 352 g/mol. The molecule has 2 nitrogen and oxygen atoms in total. The minimum absolute atomic E-state index is 0.273.